The van der Waals surface area contributed by atoms with Crippen LogP contribution in [0.25, 0.3) is 21.5 Å². The van der Waals surface area contributed by atoms with Crippen LogP contribution in [0, 0.1) is 0 Å². The van der Waals surface area contributed by atoms with E-state index >= 15 is 0 Å². The number of nitrogens with one attached hydrogen (secondary N) is 1. The van der Waals surface area contributed by atoms with Crippen molar-refractivity contribution in [2.45, 2.75) is 12.3 Å². The number of carboxylic acids is 1. The molecule has 0 aliphatic carbocycles. The number of aromatic carboxylic acids is 1. The predicted octanol–water partition coefficient (Wildman–Crippen LogP) is 4.81. The summed E-state index contributed by atoms with van der Waals surface area (Å²) in [4.78, 5) is 29.3. The number of fused-ring (bicyclic) bond motifs is 1. The van der Waals surface area contributed by atoms with Gasteiger partial charge in [-0.05, 0) is 22.3 Å². The van der Waals surface area contributed by atoms with Crippen molar-refractivity contribution < 1.29 is 18.3 Å². The Labute approximate surface area is 216 Å². The van der Waals surface area contributed by atoms with Crippen molar-refractivity contribution in [2.24, 2.45) is 0 Å². The maximum atomic E-state index is 12.9. The van der Waals surface area contributed by atoms with Crippen LogP contribution in [0.2, 0.25) is 0 Å². The second-order valence-electron chi connectivity index (χ2n) is 8.35. The van der Waals surface area contributed by atoms with Crippen molar-refractivity contribution >= 4 is 42.8 Å². The molecule has 0 spiro atoms. The Hall–Kier alpha value is -4.28. The van der Waals surface area contributed by atoms with Crippen LogP contribution in [0.1, 0.15) is 21.5 Å². The second-order valence-corrected chi connectivity index (χ2v) is 11.0. The molecule has 0 saturated carbocycles. The number of hydrogen-bond donors (Lipinski definition) is 2. The van der Waals surface area contributed by atoms with Gasteiger partial charge in [0.1, 0.15) is 15.9 Å². The molecule has 2 N–H and O–H groups in total. The van der Waals surface area contributed by atoms with Crippen molar-refractivity contribution in [1.82, 2.24) is 9.55 Å². The second kappa shape index (κ2) is 10.00. The number of nitrogens with zero attached hydrogens (tertiary/aromatic N) is 2. The number of pyridine rings is 1. The normalized spacial score (nSPS) is 11.5. The molecular formula is C27H21N3O5S2. The molecule has 10 heteroatoms. The zero-order valence-corrected chi connectivity index (χ0v) is 21.0. The summed E-state index contributed by atoms with van der Waals surface area (Å²) in [6.07, 6.45) is 1.29. The predicted molar refractivity (Wildman–Crippen MR) is 145 cm³/mol. The molecule has 0 aliphatic heterocycles. The Morgan fingerprint density at radius 1 is 0.946 bits per heavy atom. The first-order valence-corrected chi connectivity index (χ1v) is 13.7. The van der Waals surface area contributed by atoms with Crippen molar-refractivity contribution in [3.8, 4) is 11.1 Å². The average Bonchev–Trinajstić information content (AvgIpc) is 3.30. The maximum absolute atomic E-state index is 12.9. The standard InChI is InChI=1S/C27H21N3O5S2/c31-24-22(26(32)33)16-30(15-20-13-7-8-14-21(20)19-11-5-2-6-12-19)25-23(24)28-27(36-25)29-37(34,35)17-18-9-3-1-4-10-18/h1-14,16H,15,17H2,(H,28,29)(H,32,33). The van der Waals surface area contributed by atoms with E-state index in [1.165, 1.54) is 6.20 Å². The van der Waals surface area contributed by atoms with Gasteiger partial charge in [-0.15, -0.1) is 0 Å². The smallest absolute Gasteiger partial charge is 0.341 e. The number of sulfonamides is 1. The highest BCUT2D eigenvalue weighted by molar-refractivity contribution is 7.92. The molecule has 0 atom stereocenters. The van der Waals surface area contributed by atoms with E-state index in [-0.39, 0.29) is 22.9 Å². The van der Waals surface area contributed by atoms with Crippen LogP contribution in [0.3, 0.4) is 0 Å². The van der Waals surface area contributed by atoms with Crippen molar-refractivity contribution in [1.29, 1.82) is 0 Å². The first kappa shape index (κ1) is 24.4. The molecule has 2 heterocycles. The van der Waals surface area contributed by atoms with Gasteiger partial charge in [-0.2, -0.15) is 0 Å². The monoisotopic (exact) mass is 531 g/mol. The van der Waals surface area contributed by atoms with Gasteiger partial charge in [0.15, 0.2) is 5.13 Å². The fraction of sp³-hybridized carbons (Fsp3) is 0.0741. The summed E-state index contributed by atoms with van der Waals surface area (Å²) in [5.74, 6) is -1.64. The van der Waals surface area contributed by atoms with Crippen LogP contribution < -0.4 is 10.2 Å². The van der Waals surface area contributed by atoms with Crippen molar-refractivity contribution in [2.75, 3.05) is 4.72 Å². The molecule has 0 amide bonds. The molecule has 186 valence electrons. The fourth-order valence-corrected chi connectivity index (χ4v) is 6.42. The summed E-state index contributed by atoms with van der Waals surface area (Å²) in [5, 5.41) is 9.65. The number of anilines is 1. The highest BCUT2D eigenvalue weighted by atomic mass is 32.2. The van der Waals surface area contributed by atoms with E-state index in [0.29, 0.717) is 10.4 Å². The van der Waals surface area contributed by atoms with Gasteiger partial charge in [-0.25, -0.2) is 18.2 Å². The number of hydrogen-bond acceptors (Lipinski definition) is 6. The summed E-state index contributed by atoms with van der Waals surface area (Å²) in [6.45, 7) is 0.251. The summed E-state index contributed by atoms with van der Waals surface area (Å²) >= 11 is 0.985. The Balaban J connectivity index is 1.57. The molecule has 5 aromatic rings. The van der Waals surface area contributed by atoms with Crippen LogP contribution in [0.15, 0.2) is 95.9 Å². The summed E-state index contributed by atoms with van der Waals surface area (Å²) < 4.78 is 29.6. The molecule has 37 heavy (non-hydrogen) atoms. The SMILES string of the molecule is O=C(O)c1cn(Cc2ccccc2-c2ccccc2)c2sc(NS(=O)(=O)Cc3ccccc3)nc2c1=O. The highest BCUT2D eigenvalue weighted by Crippen LogP contribution is 2.29. The Kier molecular flexibility index (Phi) is 6.60. The third kappa shape index (κ3) is 5.30. The summed E-state index contributed by atoms with van der Waals surface area (Å²) in [5.41, 5.74) is 2.15. The van der Waals surface area contributed by atoms with Crippen molar-refractivity contribution in [3.63, 3.8) is 0 Å². The van der Waals surface area contributed by atoms with Crippen LogP contribution in [0.5, 0.6) is 0 Å². The minimum absolute atomic E-state index is 0.00401. The molecular weight excluding hydrogens is 510 g/mol. The van der Waals surface area contributed by atoms with Gasteiger partial charge in [0.2, 0.25) is 15.5 Å². The zero-order valence-electron chi connectivity index (χ0n) is 19.4. The topological polar surface area (TPSA) is 118 Å². The third-order valence-corrected chi connectivity index (χ3v) is 8.09. The fourth-order valence-electron chi connectivity index (χ4n) is 4.07. The molecule has 5 rings (SSSR count). The van der Waals surface area contributed by atoms with Crippen LogP contribution in [0.4, 0.5) is 5.13 Å². The lowest BCUT2D eigenvalue weighted by atomic mass is 9.99. The van der Waals surface area contributed by atoms with Crippen molar-refractivity contribution in [3.05, 3.63) is 118 Å². The van der Waals surface area contributed by atoms with E-state index in [4.69, 9.17) is 0 Å². The maximum Gasteiger partial charge on any atom is 0.341 e. The summed E-state index contributed by atoms with van der Waals surface area (Å²) in [6, 6.07) is 26.1. The van der Waals surface area contributed by atoms with Crippen LogP contribution in [-0.2, 0) is 22.3 Å². The largest absolute Gasteiger partial charge is 0.477 e. The number of carbonyl (C=O) groups is 1. The van der Waals surface area contributed by atoms with Gasteiger partial charge >= 0.3 is 5.97 Å². The first-order valence-electron chi connectivity index (χ1n) is 11.3. The zero-order chi connectivity index (χ0) is 26.0. The van der Waals surface area contributed by atoms with Gasteiger partial charge in [-0.1, -0.05) is 96.3 Å². The molecule has 8 nitrogen and oxygen atoms in total. The van der Waals surface area contributed by atoms with Gasteiger partial charge in [0.25, 0.3) is 0 Å². The molecule has 2 aromatic heterocycles. The van der Waals surface area contributed by atoms with Gasteiger partial charge < -0.3 is 9.67 Å². The van der Waals surface area contributed by atoms with Gasteiger partial charge in [0, 0.05) is 12.7 Å². The number of aromatic nitrogens is 2. The number of benzene rings is 3. The third-order valence-electron chi connectivity index (χ3n) is 5.73. The van der Waals surface area contributed by atoms with E-state index < -0.39 is 27.0 Å². The lowest BCUT2D eigenvalue weighted by molar-refractivity contribution is 0.0694. The molecule has 0 fully saturated rings. The van der Waals surface area contributed by atoms with Gasteiger partial charge in [0.05, 0.1) is 5.75 Å². The Morgan fingerprint density at radius 2 is 1.59 bits per heavy atom. The summed E-state index contributed by atoms with van der Waals surface area (Å²) in [7, 11) is -3.82. The van der Waals surface area contributed by atoms with Gasteiger partial charge in [-0.3, -0.25) is 9.52 Å². The molecule has 0 aliphatic rings. The number of carboxylic acid groups (broad SMARTS) is 1. The molecule has 3 aromatic carbocycles. The number of thiazole rings is 1. The molecule has 0 radical (unpaired) electrons. The Bertz CT molecular complexity index is 1760. The van der Waals surface area contributed by atoms with E-state index in [2.05, 4.69) is 9.71 Å². The van der Waals surface area contributed by atoms with E-state index in [9.17, 15) is 23.1 Å². The van der Waals surface area contributed by atoms with E-state index in [1.807, 2.05) is 54.6 Å². The van der Waals surface area contributed by atoms with E-state index in [0.717, 1.165) is 28.0 Å². The highest BCUT2D eigenvalue weighted by Gasteiger charge is 2.21. The minimum atomic E-state index is -3.82. The molecule has 0 bridgehead atoms. The minimum Gasteiger partial charge on any atom is -0.477 e. The molecule has 0 saturated heterocycles. The lowest BCUT2D eigenvalue weighted by Gasteiger charge is -2.13. The number of rotatable bonds is 8. The average molecular weight is 532 g/mol. The molecule has 0 unspecified atom stereocenters. The Morgan fingerprint density at radius 3 is 2.30 bits per heavy atom. The van der Waals surface area contributed by atoms with Crippen LogP contribution in [-0.4, -0.2) is 29.0 Å². The lowest BCUT2D eigenvalue weighted by Crippen LogP contribution is -2.19. The first-order chi connectivity index (χ1) is 17.8. The van der Waals surface area contributed by atoms with E-state index in [1.54, 1.807) is 34.9 Å². The quantitative estimate of drug-likeness (QED) is 0.297. The van der Waals surface area contributed by atoms with Crippen LogP contribution >= 0.6 is 11.3 Å².